The van der Waals surface area contributed by atoms with Crippen molar-refractivity contribution in [2.75, 3.05) is 33.4 Å². The summed E-state index contributed by atoms with van der Waals surface area (Å²) in [6, 6.07) is 10.0. The third kappa shape index (κ3) is 7.22. The summed E-state index contributed by atoms with van der Waals surface area (Å²) in [6.45, 7) is 2.86. The Morgan fingerprint density at radius 2 is 1.91 bits per heavy atom. The minimum absolute atomic E-state index is 0.0125. The molecule has 0 bridgehead atoms. The van der Waals surface area contributed by atoms with E-state index in [1.54, 1.807) is 14.0 Å². The van der Waals surface area contributed by atoms with E-state index in [0.29, 0.717) is 26.2 Å². The molecule has 1 aromatic carbocycles. The molecule has 0 aromatic heterocycles. The van der Waals surface area contributed by atoms with Crippen LogP contribution in [-0.2, 0) is 25.5 Å². The van der Waals surface area contributed by atoms with Gasteiger partial charge in [0.25, 0.3) is 0 Å². The fraction of sp³-hybridized carbons (Fsp3) is 0.529. The predicted molar refractivity (Wildman–Crippen MR) is 84.5 cm³/mol. The first-order chi connectivity index (χ1) is 10.7. The molecule has 5 nitrogen and oxygen atoms in total. The summed E-state index contributed by atoms with van der Waals surface area (Å²) in [5.74, 6) is -0.420. The monoisotopic (exact) mass is 307 g/mol. The summed E-state index contributed by atoms with van der Waals surface area (Å²) in [7, 11) is 1.57. The van der Waals surface area contributed by atoms with Crippen molar-refractivity contribution < 1.29 is 19.1 Å². The van der Waals surface area contributed by atoms with Gasteiger partial charge in [0, 0.05) is 20.1 Å². The van der Waals surface area contributed by atoms with E-state index in [2.05, 4.69) is 0 Å². The fourth-order valence-corrected chi connectivity index (χ4v) is 2.10. The minimum Gasteiger partial charge on any atom is -0.465 e. The molecular formula is C17H25NO4. The summed E-state index contributed by atoms with van der Waals surface area (Å²) >= 11 is 0. The first-order valence-electron chi connectivity index (χ1n) is 7.63. The van der Waals surface area contributed by atoms with Crippen LogP contribution in [0.15, 0.2) is 30.3 Å². The highest BCUT2D eigenvalue weighted by Gasteiger charge is 2.17. The van der Waals surface area contributed by atoms with Gasteiger partial charge in [-0.1, -0.05) is 30.3 Å². The second-order valence-electron chi connectivity index (χ2n) is 4.95. The first kappa shape index (κ1) is 18.2. The fourth-order valence-electron chi connectivity index (χ4n) is 2.10. The van der Waals surface area contributed by atoms with Crippen molar-refractivity contribution in [1.29, 1.82) is 0 Å². The van der Waals surface area contributed by atoms with Gasteiger partial charge in [-0.15, -0.1) is 0 Å². The van der Waals surface area contributed by atoms with Crippen molar-refractivity contribution >= 4 is 11.9 Å². The average Bonchev–Trinajstić information content (AvgIpc) is 2.52. The molecule has 5 heteroatoms. The van der Waals surface area contributed by atoms with Crippen LogP contribution < -0.4 is 0 Å². The highest BCUT2D eigenvalue weighted by atomic mass is 16.5. The van der Waals surface area contributed by atoms with Gasteiger partial charge < -0.3 is 14.4 Å². The quantitative estimate of drug-likeness (QED) is 0.621. The zero-order valence-electron chi connectivity index (χ0n) is 13.4. The molecule has 0 N–H and O–H groups in total. The number of rotatable bonds is 10. The van der Waals surface area contributed by atoms with Crippen molar-refractivity contribution in [2.24, 2.45) is 0 Å². The largest absolute Gasteiger partial charge is 0.465 e. The number of hydrogen-bond acceptors (Lipinski definition) is 4. The summed E-state index contributed by atoms with van der Waals surface area (Å²) in [6.07, 6.45) is 2.03. The molecule has 0 radical (unpaired) electrons. The van der Waals surface area contributed by atoms with E-state index in [1.165, 1.54) is 10.5 Å². The van der Waals surface area contributed by atoms with Gasteiger partial charge in [0.15, 0.2) is 0 Å². The number of aryl methyl sites for hydroxylation is 1. The molecule has 122 valence electrons. The van der Waals surface area contributed by atoms with Crippen LogP contribution in [-0.4, -0.2) is 50.2 Å². The molecular weight excluding hydrogens is 282 g/mol. The van der Waals surface area contributed by atoms with Crippen molar-refractivity contribution in [1.82, 2.24) is 4.90 Å². The van der Waals surface area contributed by atoms with Crippen LogP contribution in [0.5, 0.6) is 0 Å². The lowest BCUT2D eigenvalue weighted by atomic mass is 10.1. The third-order valence-electron chi connectivity index (χ3n) is 3.24. The van der Waals surface area contributed by atoms with Gasteiger partial charge >= 0.3 is 5.97 Å². The first-order valence-corrected chi connectivity index (χ1v) is 7.63. The Morgan fingerprint density at radius 1 is 1.18 bits per heavy atom. The molecule has 1 amide bonds. The highest BCUT2D eigenvalue weighted by molar-refractivity contribution is 5.82. The zero-order chi connectivity index (χ0) is 16.2. The summed E-state index contributed by atoms with van der Waals surface area (Å²) < 4.78 is 9.89. The maximum atomic E-state index is 12.2. The second-order valence-corrected chi connectivity index (χ2v) is 4.95. The average molecular weight is 307 g/mol. The summed E-state index contributed by atoms with van der Waals surface area (Å²) in [5.41, 5.74) is 1.21. The van der Waals surface area contributed by atoms with Gasteiger partial charge in [0.1, 0.15) is 6.54 Å². The second kappa shape index (κ2) is 10.8. The van der Waals surface area contributed by atoms with E-state index in [-0.39, 0.29) is 18.4 Å². The molecule has 0 aliphatic carbocycles. The zero-order valence-corrected chi connectivity index (χ0v) is 13.4. The molecule has 0 saturated heterocycles. The molecule has 1 rings (SSSR count). The molecule has 0 aliphatic heterocycles. The Balaban J connectivity index is 2.42. The summed E-state index contributed by atoms with van der Waals surface area (Å²) in [4.78, 5) is 25.3. The number of ether oxygens (including phenoxy) is 2. The van der Waals surface area contributed by atoms with Crippen molar-refractivity contribution in [3.8, 4) is 0 Å². The van der Waals surface area contributed by atoms with E-state index >= 15 is 0 Å². The van der Waals surface area contributed by atoms with E-state index in [0.717, 1.165) is 12.8 Å². The molecule has 0 aliphatic rings. The molecule has 0 saturated carbocycles. The van der Waals surface area contributed by atoms with Crippen LogP contribution in [0.1, 0.15) is 25.3 Å². The summed E-state index contributed by atoms with van der Waals surface area (Å²) in [5, 5.41) is 0. The molecule has 0 spiro atoms. The number of hydrogen-bond donors (Lipinski definition) is 0. The predicted octanol–water partition coefficient (Wildman–Crippen LogP) is 2.05. The van der Waals surface area contributed by atoms with Crippen LogP contribution in [0.25, 0.3) is 0 Å². The number of methoxy groups -OCH3 is 1. The van der Waals surface area contributed by atoms with E-state index in [4.69, 9.17) is 9.47 Å². The van der Waals surface area contributed by atoms with Crippen LogP contribution in [0, 0.1) is 0 Å². The molecule has 22 heavy (non-hydrogen) atoms. The lowest BCUT2D eigenvalue weighted by Crippen LogP contribution is -2.38. The lowest BCUT2D eigenvalue weighted by molar-refractivity contribution is -0.149. The minimum atomic E-state index is -0.380. The standard InChI is InChI=1S/C17H25NO4/c1-3-22-17(20)14-18(12-13-21-2)16(19)11-7-10-15-8-5-4-6-9-15/h4-6,8-9H,3,7,10-14H2,1-2H3. The molecule has 1 aromatic rings. The highest BCUT2D eigenvalue weighted by Crippen LogP contribution is 2.06. The normalized spacial score (nSPS) is 10.3. The van der Waals surface area contributed by atoms with Gasteiger partial charge in [0.2, 0.25) is 5.91 Å². The lowest BCUT2D eigenvalue weighted by Gasteiger charge is -2.21. The smallest absolute Gasteiger partial charge is 0.325 e. The van der Waals surface area contributed by atoms with Crippen LogP contribution in [0.2, 0.25) is 0 Å². The SMILES string of the molecule is CCOC(=O)CN(CCOC)C(=O)CCCc1ccccc1. The van der Waals surface area contributed by atoms with Crippen LogP contribution in [0.3, 0.4) is 0 Å². The molecule has 0 heterocycles. The number of carbonyl (C=O) groups is 2. The van der Waals surface area contributed by atoms with E-state index < -0.39 is 0 Å². The Labute approximate surface area is 132 Å². The maximum Gasteiger partial charge on any atom is 0.325 e. The van der Waals surface area contributed by atoms with Gasteiger partial charge in [-0.25, -0.2) is 0 Å². The number of esters is 1. The Morgan fingerprint density at radius 3 is 2.55 bits per heavy atom. The Bertz CT molecular complexity index is 447. The Hall–Kier alpha value is -1.88. The topological polar surface area (TPSA) is 55.8 Å². The number of benzene rings is 1. The van der Waals surface area contributed by atoms with Gasteiger partial charge in [-0.3, -0.25) is 9.59 Å². The van der Waals surface area contributed by atoms with Crippen LogP contribution >= 0.6 is 0 Å². The van der Waals surface area contributed by atoms with E-state index in [1.807, 2.05) is 30.3 Å². The molecule has 0 unspecified atom stereocenters. The van der Waals surface area contributed by atoms with Crippen LogP contribution in [0.4, 0.5) is 0 Å². The van der Waals surface area contributed by atoms with Crippen molar-refractivity contribution in [2.45, 2.75) is 26.2 Å². The molecule has 0 atom stereocenters. The third-order valence-corrected chi connectivity index (χ3v) is 3.24. The van der Waals surface area contributed by atoms with Gasteiger partial charge in [-0.05, 0) is 25.3 Å². The molecule has 0 fully saturated rings. The number of carbonyl (C=O) groups excluding carboxylic acids is 2. The van der Waals surface area contributed by atoms with Gasteiger partial charge in [-0.2, -0.15) is 0 Å². The number of amides is 1. The van der Waals surface area contributed by atoms with Crippen molar-refractivity contribution in [3.05, 3.63) is 35.9 Å². The Kier molecular flexibility index (Phi) is 8.91. The maximum absolute atomic E-state index is 12.2. The van der Waals surface area contributed by atoms with E-state index in [9.17, 15) is 9.59 Å². The number of nitrogens with zero attached hydrogens (tertiary/aromatic N) is 1. The van der Waals surface area contributed by atoms with Crippen molar-refractivity contribution in [3.63, 3.8) is 0 Å². The van der Waals surface area contributed by atoms with Gasteiger partial charge in [0.05, 0.1) is 13.2 Å².